The molecule has 1 N–H and O–H groups in total. The summed E-state index contributed by atoms with van der Waals surface area (Å²) >= 11 is 5.83. The third-order valence-electron chi connectivity index (χ3n) is 2.64. The van der Waals surface area contributed by atoms with Crippen LogP contribution in [0.2, 0.25) is 5.02 Å². The molecular weight excluding hydrogens is 278 g/mol. The lowest BCUT2D eigenvalue weighted by molar-refractivity contribution is 0.197. The van der Waals surface area contributed by atoms with Gasteiger partial charge in [0.1, 0.15) is 6.07 Å². The van der Waals surface area contributed by atoms with Gasteiger partial charge in [-0.2, -0.15) is 10.2 Å². The lowest BCUT2D eigenvalue weighted by atomic mass is 10.2. The predicted molar refractivity (Wildman–Crippen MR) is 76.6 cm³/mol. The molecule has 2 aromatic rings. The number of nitrogens with one attached hydrogen (secondary N) is 1. The molecule has 0 saturated carbocycles. The summed E-state index contributed by atoms with van der Waals surface area (Å²) in [6.45, 7) is 1.30. The molecule has 0 aliphatic carbocycles. The topological polar surface area (TPSA) is 71.1 Å². The number of aromatic nitrogens is 1. The lowest BCUT2D eigenvalue weighted by Gasteiger charge is -2.01. The van der Waals surface area contributed by atoms with Gasteiger partial charge in [0.2, 0.25) is 17.5 Å². The third-order valence-corrected chi connectivity index (χ3v) is 2.89. The quantitative estimate of drug-likeness (QED) is 0.827. The lowest BCUT2D eigenvalue weighted by Crippen LogP contribution is -2.04. The number of ether oxygens (including phenoxy) is 1. The van der Waals surface area contributed by atoms with Gasteiger partial charge in [0.15, 0.2) is 0 Å². The Labute approximate surface area is 122 Å². The summed E-state index contributed by atoms with van der Waals surface area (Å²) < 4.78 is 10.5. The van der Waals surface area contributed by atoms with E-state index >= 15 is 0 Å². The zero-order chi connectivity index (χ0) is 14.4. The zero-order valence-corrected chi connectivity index (χ0v) is 11.8. The Morgan fingerprint density at radius 3 is 2.80 bits per heavy atom. The summed E-state index contributed by atoms with van der Waals surface area (Å²) in [6, 6.07) is 9.10. The van der Waals surface area contributed by atoms with Crippen LogP contribution in [0.1, 0.15) is 12.1 Å². The van der Waals surface area contributed by atoms with Crippen LogP contribution in [-0.2, 0) is 4.74 Å². The molecule has 0 aliphatic heterocycles. The van der Waals surface area contributed by atoms with Crippen molar-refractivity contribution in [3.63, 3.8) is 0 Å². The molecule has 104 valence electrons. The van der Waals surface area contributed by atoms with Crippen LogP contribution in [-0.4, -0.2) is 25.2 Å². The number of rotatable bonds is 6. The Balaban J connectivity index is 2.14. The number of hydrogen-bond donors (Lipinski definition) is 1. The minimum atomic E-state index is 0.243. The van der Waals surface area contributed by atoms with E-state index in [0.29, 0.717) is 29.9 Å². The SMILES string of the molecule is COCCCNc1oc(-c2ccc(Cl)cc2)nc1C#N. The maximum atomic E-state index is 9.07. The maximum Gasteiger partial charge on any atom is 0.232 e. The number of benzene rings is 1. The van der Waals surface area contributed by atoms with Crippen LogP contribution in [0.15, 0.2) is 28.7 Å². The van der Waals surface area contributed by atoms with Crippen LogP contribution >= 0.6 is 11.6 Å². The molecule has 5 nitrogen and oxygen atoms in total. The van der Waals surface area contributed by atoms with E-state index in [2.05, 4.69) is 10.3 Å². The first-order chi connectivity index (χ1) is 9.74. The molecule has 2 rings (SSSR count). The maximum absolute atomic E-state index is 9.07. The first-order valence-electron chi connectivity index (χ1n) is 6.14. The van der Waals surface area contributed by atoms with Crippen LogP contribution in [0.5, 0.6) is 0 Å². The van der Waals surface area contributed by atoms with E-state index in [1.54, 1.807) is 31.4 Å². The second-order valence-corrected chi connectivity index (χ2v) is 4.53. The number of nitrogens with zero attached hydrogens (tertiary/aromatic N) is 2. The van der Waals surface area contributed by atoms with Crippen molar-refractivity contribution < 1.29 is 9.15 Å². The van der Waals surface area contributed by atoms with Crippen molar-refractivity contribution in [2.45, 2.75) is 6.42 Å². The molecule has 0 amide bonds. The van der Waals surface area contributed by atoms with Crippen molar-refractivity contribution in [2.75, 3.05) is 25.6 Å². The minimum Gasteiger partial charge on any atom is -0.419 e. The van der Waals surface area contributed by atoms with E-state index in [9.17, 15) is 0 Å². The normalized spacial score (nSPS) is 10.2. The molecule has 0 unspecified atom stereocenters. The fraction of sp³-hybridized carbons (Fsp3) is 0.286. The second-order valence-electron chi connectivity index (χ2n) is 4.09. The summed E-state index contributed by atoms with van der Waals surface area (Å²) in [5.74, 6) is 0.779. The molecule has 0 fully saturated rings. The smallest absolute Gasteiger partial charge is 0.232 e. The van der Waals surface area contributed by atoms with Crippen molar-refractivity contribution in [1.82, 2.24) is 4.98 Å². The number of halogens is 1. The van der Waals surface area contributed by atoms with Crippen molar-refractivity contribution in [2.24, 2.45) is 0 Å². The van der Waals surface area contributed by atoms with Gasteiger partial charge in [-0.1, -0.05) is 11.6 Å². The first kappa shape index (κ1) is 14.4. The van der Waals surface area contributed by atoms with Gasteiger partial charge in [0, 0.05) is 30.8 Å². The predicted octanol–water partition coefficient (Wildman–Crippen LogP) is 3.32. The van der Waals surface area contributed by atoms with Gasteiger partial charge in [-0.05, 0) is 30.7 Å². The van der Waals surface area contributed by atoms with Crippen LogP contribution in [0, 0.1) is 11.3 Å². The van der Waals surface area contributed by atoms with Crippen molar-refractivity contribution in [3.8, 4) is 17.5 Å². The largest absolute Gasteiger partial charge is 0.419 e. The van der Waals surface area contributed by atoms with Gasteiger partial charge >= 0.3 is 0 Å². The van der Waals surface area contributed by atoms with Gasteiger partial charge in [-0.25, -0.2) is 0 Å². The van der Waals surface area contributed by atoms with E-state index in [1.807, 2.05) is 6.07 Å². The number of hydrogen-bond acceptors (Lipinski definition) is 5. The number of oxazole rings is 1. The molecular formula is C14H14ClN3O2. The van der Waals surface area contributed by atoms with Gasteiger partial charge in [-0.3, -0.25) is 0 Å². The summed E-state index contributed by atoms with van der Waals surface area (Å²) in [4.78, 5) is 4.16. The molecule has 0 bridgehead atoms. The van der Waals surface area contributed by atoms with Gasteiger partial charge in [-0.15, -0.1) is 0 Å². The highest BCUT2D eigenvalue weighted by Gasteiger charge is 2.13. The Bertz CT molecular complexity index is 602. The molecule has 1 heterocycles. The highest BCUT2D eigenvalue weighted by atomic mass is 35.5. The molecule has 0 aliphatic rings. The van der Waals surface area contributed by atoms with E-state index in [-0.39, 0.29) is 5.69 Å². The Morgan fingerprint density at radius 1 is 1.40 bits per heavy atom. The zero-order valence-electron chi connectivity index (χ0n) is 11.0. The summed E-state index contributed by atoms with van der Waals surface area (Å²) in [5, 5.41) is 12.7. The average molecular weight is 292 g/mol. The molecule has 0 spiro atoms. The summed E-state index contributed by atoms with van der Waals surface area (Å²) in [7, 11) is 1.65. The third kappa shape index (κ3) is 3.50. The monoisotopic (exact) mass is 291 g/mol. The molecule has 0 saturated heterocycles. The van der Waals surface area contributed by atoms with Crippen LogP contribution in [0.25, 0.3) is 11.5 Å². The minimum absolute atomic E-state index is 0.243. The van der Waals surface area contributed by atoms with Crippen LogP contribution < -0.4 is 5.32 Å². The molecule has 20 heavy (non-hydrogen) atoms. The highest BCUT2D eigenvalue weighted by molar-refractivity contribution is 6.30. The molecule has 6 heteroatoms. The molecule has 1 aromatic heterocycles. The first-order valence-corrected chi connectivity index (χ1v) is 6.52. The standard InChI is InChI=1S/C14H14ClN3O2/c1-19-8-2-7-17-14-12(9-16)18-13(20-14)10-3-5-11(15)6-4-10/h3-6,17H,2,7-8H2,1H3. The second kappa shape index (κ2) is 6.94. The number of methoxy groups -OCH3 is 1. The molecule has 0 atom stereocenters. The van der Waals surface area contributed by atoms with Crippen molar-refractivity contribution >= 4 is 17.5 Å². The van der Waals surface area contributed by atoms with Crippen LogP contribution in [0.3, 0.4) is 0 Å². The van der Waals surface area contributed by atoms with Crippen molar-refractivity contribution in [3.05, 3.63) is 35.0 Å². The highest BCUT2D eigenvalue weighted by Crippen LogP contribution is 2.26. The fourth-order valence-electron chi connectivity index (χ4n) is 1.65. The average Bonchev–Trinajstić information content (AvgIpc) is 2.87. The number of anilines is 1. The summed E-state index contributed by atoms with van der Waals surface area (Å²) in [5.41, 5.74) is 1.02. The van der Waals surface area contributed by atoms with Gasteiger partial charge in [0.05, 0.1) is 0 Å². The van der Waals surface area contributed by atoms with E-state index in [0.717, 1.165) is 12.0 Å². The van der Waals surface area contributed by atoms with Crippen molar-refractivity contribution in [1.29, 1.82) is 5.26 Å². The molecule has 1 aromatic carbocycles. The van der Waals surface area contributed by atoms with E-state index in [4.69, 9.17) is 26.0 Å². The van der Waals surface area contributed by atoms with E-state index in [1.165, 1.54) is 0 Å². The Kier molecular flexibility index (Phi) is 4.99. The van der Waals surface area contributed by atoms with Gasteiger partial charge in [0.25, 0.3) is 0 Å². The molecule has 0 radical (unpaired) electrons. The Hall–Kier alpha value is -2.03. The number of nitriles is 1. The Morgan fingerprint density at radius 2 is 2.15 bits per heavy atom. The summed E-state index contributed by atoms with van der Waals surface area (Å²) in [6.07, 6.45) is 0.818. The van der Waals surface area contributed by atoms with E-state index < -0.39 is 0 Å². The van der Waals surface area contributed by atoms with Gasteiger partial charge < -0.3 is 14.5 Å². The van der Waals surface area contributed by atoms with Crippen LogP contribution in [0.4, 0.5) is 5.88 Å². The fourth-order valence-corrected chi connectivity index (χ4v) is 1.78.